The van der Waals surface area contributed by atoms with Crippen LogP contribution in [0.2, 0.25) is 0 Å². The van der Waals surface area contributed by atoms with E-state index in [2.05, 4.69) is 24.1 Å². The minimum Gasteiger partial charge on any atom is -0.398 e. The summed E-state index contributed by atoms with van der Waals surface area (Å²) in [4.78, 5) is 0. The van der Waals surface area contributed by atoms with Gasteiger partial charge >= 0.3 is 0 Å². The number of nitrogens with zero attached hydrogens (tertiary/aromatic N) is 1. The standard InChI is InChI=1S/C28H32FN3/c1-18(2)28(12-13-28)16-24-23-15-25(31)20(17-30)14-26(23)32(22-10-8-21(29)9-11-22)27(24)19-6-4-3-5-7-19/h8-11,14-15,17,19,30H,1,3-7,12-13,16,31H2,2H3. The van der Waals surface area contributed by atoms with Gasteiger partial charge in [0.15, 0.2) is 0 Å². The molecule has 0 bridgehead atoms. The zero-order valence-corrected chi connectivity index (χ0v) is 18.9. The summed E-state index contributed by atoms with van der Waals surface area (Å²) in [7, 11) is 0. The second-order valence-electron chi connectivity index (χ2n) is 9.89. The van der Waals surface area contributed by atoms with Crippen LogP contribution in [0.5, 0.6) is 0 Å². The molecule has 3 aromatic rings. The molecule has 32 heavy (non-hydrogen) atoms. The number of fused-ring (bicyclic) bond motifs is 1. The predicted octanol–water partition coefficient (Wildman–Crippen LogP) is 7.30. The van der Waals surface area contributed by atoms with Crippen molar-refractivity contribution in [3.63, 3.8) is 0 Å². The molecule has 2 saturated carbocycles. The van der Waals surface area contributed by atoms with E-state index in [0.29, 0.717) is 11.6 Å². The lowest BCUT2D eigenvalue weighted by Gasteiger charge is -2.26. The van der Waals surface area contributed by atoms with Crippen molar-refractivity contribution in [2.45, 2.75) is 64.2 Å². The summed E-state index contributed by atoms with van der Waals surface area (Å²) in [6.45, 7) is 6.49. The summed E-state index contributed by atoms with van der Waals surface area (Å²) in [6, 6.07) is 10.9. The summed E-state index contributed by atoms with van der Waals surface area (Å²) < 4.78 is 16.1. The first-order valence-electron chi connectivity index (χ1n) is 11.8. The Morgan fingerprint density at radius 2 is 1.88 bits per heavy atom. The molecule has 0 radical (unpaired) electrons. The zero-order chi connectivity index (χ0) is 22.5. The minimum absolute atomic E-state index is 0.181. The Labute approximate surface area is 189 Å². The van der Waals surface area contributed by atoms with Gasteiger partial charge < -0.3 is 15.7 Å². The maximum absolute atomic E-state index is 13.8. The van der Waals surface area contributed by atoms with E-state index in [0.717, 1.165) is 23.2 Å². The largest absolute Gasteiger partial charge is 0.398 e. The Bertz CT molecular complexity index is 1190. The number of halogens is 1. The molecule has 5 rings (SSSR count). The highest BCUT2D eigenvalue weighted by Gasteiger charge is 2.45. The first-order chi connectivity index (χ1) is 15.4. The molecule has 2 aliphatic carbocycles. The lowest BCUT2D eigenvalue weighted by molar-refractivity contribution is 0.429. The average molecular weight is 430 g/mol. The zero-order valence-electron chi connectivity index (χ0n) is 18.9. The summed E-state index contributed by atoms with van der Waals surface area (Å²) in [6.07, 6.45) is 10.8. The topological polar surface area (TPSA) is 54.8 Å². The van der Waals surface area contributed by atoms with Gasteiger partial charge in [-0.25, -0.2) is 4.39 Å². The van der Waals surface area contributed by atoms with E-state index < -0.39 is 0 Å². The monoisotopic (exact) mass is 429 g/mol. The second kappa shape index (κ2) is 7.91. The van der Waals surface area contributed by atoms with E-state index in [4.69, 9.17) is 11.1 Å². The molecular formula is C28H32FN3. The number of benzene rings is 2. The van der Waals surface area contributed by atoms with Crippen molar-refractivity contribution < 1.29 is 4.39 Å². The van der Waals surface area contributed by atoms with Crippen LogP contribution in [0.15, 0.2) is 48.6 Å². The molecule has 3 nitrogen and oxygen atoms in total. The third-order valence-corrected chi connectivity index (χ3v) is 7.82. The summed E-state index contributed by atoms with van der Waals surface area (Å²) in [5.41, 5.74) is 14.0. The van der Waals surface area contributed by atoms with E-state index in [-0.39, 0.29) is 11.2 Å². The van der Waals surface area contributed by atoms with Crippen LogP contribution in [-0.4, -0.2) is 10.8 Å². The smallest absolute Gasteiger partial charge is 0.123 e. The number of hydrogen-bond donors (Lipinski definition) is 2. The number of anilines is 1. The molecule has 0 spiro atoms. The highest BCUT2D eigenvalue weighted by Crippen LogP contribution is 2.55. The molecule has 1 heterocycles. The third-order valence-electron chi connectivity index (χ3n) is 7.82. The van der Waals surface area contributed by atoms with Gasteiger partial charge in [0, 0.05) is 34.2 Å². The highest BCUT2D eigenvalue weighted by atomic mass is 19.1. The summed E-state index contributed by atoms with van der Waals surface area (Å²) in [5.74, 6) is 0.245. The molecule has 0 amide bonds. The molecule has 0 aliphatic heterocycles. The van der Waals surface area contributed by atoms with Crippen LogP contribution in [0.3, 0.4) is 0 Å². The predicted molar refractivity (Wildman–Crippen MR) is 132 cm³/mol. The fraction of sp³-hybridized carbons (Fsp3) is 0.393. The number of aromatic nitrogens is 1. The van der Waals surface area contributed by atoms with Crippen molar-refractivity contribution in [3.8, 4) is 5.69 Å². The first kappa shape index (κ1) is 21.0. The van der Waals surface area contributed by atoms with Crippen LogP contribution < -0.4 is 5.73 Å². The highest BCUT2D eigenvalue weighted by molar-refractivity contribution is 5.97. The third kappa shape index (κ3) is 3.46. The molecule has 0 saturated heterocycles. The van der Waals surface area contributed by atoms with Gasteiger partial charge in [-0.2, -0.15) is 0 Å². The quantitative estimate of drug-likeness (QED) is 0.241. The fourth-order valence-corrected chi connectivity index (χ4v) is 5.68. The van der Waals surface area contributed by atoms with E-state index >= 15 is 0 Å². The molecule has 166 valence electrons. The summed E-state index contributed by atoms with van der Waals surface area (Å²) in [5, 5.41) is 9.03. The normalized spacial score (nSPS) is 18.1. The van der Waals surface area contributed by atoms with Crippen molar-refractivity contribution in [2.75, 3.05) is 5.73 Å². The van der Waals surface area contributed by atoms with Crippen LogP contribution in [-0.2, 0) is 6.42 Å². The van der Waals surface area contributed by atoms with E-state index in [1.807, 2.05) is 18.2 Å². The SMILES string of the molecule is C=C(C)C1(Cc2c(C3CCCCC3)n(-c3ccc(F)cc3)c3cc(C=N)c(N)cc23)CC1. The van der Waals surface area contributed by atoms with Gasteiger partial charge in [-0.3, -0.25) is 0 Å². The number of nitrogens with one attached hydrogen (secondary N) is 1. The first-order valence-corrected chi connectivity index (χ1v) is 11.8. The van der Waals surface area contributed by atoms with Crippen molar-refractivity contribution in [1.29, 1.82) is 5.41 Å². The Morgan fingerprint density at radius 3 is 2.47 bits per heavy atom. The lowest BCUT2D eigenvalue weighted by atomic mass is 9.81. The number of hydrogen-bond acceptors (Lipinski definition) is 2. The van der Waals surface area contributed by atoms with E-state index in [9.17, 15) is 4.39 Å². The van der Waals surface area contributed by atoms with Gasteiger partial charge in [-0.15, -0.1) is 0 Å². The molecule has 1 aromatic heterocycles. The molecule has 3 N–H and O–H groups in total. The molecule has 2 aliphatic rings. The van der Waals surface area contributed by atoms with Crippen molar-refractivity contribution in [1.82, 2.24) is 4.57 Å². The fourth-order valence-electron chi connectivity index (χ4n) is 5.68. The van der Waals surface area contributed by atoms with Crippen LogP contribution in [0.25, 0.3) is 16.6 Å². The minimum atomic E-state index is -0.228. The Balaban J connectivity index is 1.82. The van der Waals surface area contributed by atoms with E-state index in [1.54, 1.807) is 0 Å². The van der Waals surface area contributed by atoms with Gasteiger partial charge in [0.2, 0.25) is 0 Å². The Hall–Kier alpha value is -2.88. The van der Waals surface area contributed by atoms with Gasteiger partial charge in [0.1, 0.15) is 5.82 Å². The molecule has 2 aromatic carbocycles. The maximum Gasteiger partial charge on any atom is 0.123 e. The van der Waals surface area contributed by atoms with Gasteiger partial charge in [-0.05, 0) is 92.3 Å². The number of nitrogen functional groups attached to an aromatic ring is 1. The maximum atomic E-state index is 13.8. The van der Waals surface area contributed by atoms with Crippen molar-refractivity contribution in [2.24, 2.45) is 5.41 Å². The number of rotatable bonds is 6. The van der Waals surface area contributed by atoms with Crippen LogP contribution in [0, 0.1) is 16.6 Å². The molecule has 0 atom stereocenters. The molecule has 0 unspecified atom stereocenters. The Morgan fingerprint density at radius 1 is 1.19 bits per heavy atom. The number of allylic oxidation sites excluding steroid dienone is 1. The van der Waals surface area contributed by atoms with Crippen LogP contribution in [0.1, 0.15) is 74.6 Å². The van der Waals surface area contributed by atoms with Crippen LogP contribution in [0.4, 0.5) is 10.1 Å². The van der Waals surface area contributed by atoms with Crippen molar-refractivity contribution >= 4 is 22.8 Å². The molecule has 4 heteroatoms. The van der Waals surface area contributed by atoms with Crippen molar-refractivity contribution in [3.05, 3.63) is 71.2 Å². The summed E-state index contributed by atoms with van der Waals surface area (Å²) >= 11 is 0. The number of nitrogens with two attached hydrogens (primary N) is 1. The van der Waals surface area contributed by atoms with Crippen LogP contribution >= 0.6 is 0 Å². The molecule has 2 fully saturated rings. The Kier molecular flexibility index (Phi) is 5.19. The lowest BCUT2D eigenvalue weighted by Crippen LogP contribution is -2.14. The van der Waals surface area contributed by atoms with E-state index in [1.165, 1.54) is 85.5 Å². The van der Waals surface area contributed by atoms with Gasteiger partial charge in [0.25, 0.3) is 0 Å². The van der Waals surface area contributed by atoms with Gasteiger partial charge in [0.05, 0.1) is 5.52 Å². The van der Waals surface area contributed by atoms with Gasteiger partial charge in [-0.1, -0.05) is 31.4 Å². The average Bonchev–Trinajstić information content (AvgIpc) is 3.53. The molecular weight excluding hydrogens is 397 g/mol. The second-order valence-corrected chi connectivity index (χ2v) is 9.89.